The van der Waals surface area contributed by atoms with Crippen LogP contribution in [0.4, 0.5) is 11.4 Å². The summed E-state index contributed by atoms with van der Waals surface area (Å²) in [7, 11) is 0. The average molecular weight is 240 g/mol. The van der Waals surface area contributed by atoms with Gasteiger partial charge in [0.1, 0.15) is 0 Å². The highest BCUT2D eigenvalue weighted by Crippen LogP contribution is 2.38. The van der Waals surface area contributed by atoms with Gasteiger partial charge in [0.2, 0.25) is 5.75 Å². The van der Waals surface area contributed by atoms with E-state index < -0.39 is 27.0 Å². The van der Waals surface area contributed by atoms with Crippen molar-refractivity contribution in [2.75, 3.05) is 0 Å². The number of phenols is 1. The molecule has 92 valence electrons. The maximum Gasteiger partial charge on any atom is 0.387 e. The zero-order valence-electron chi connectivity index (χ0n) is 9.25. The van der Waals surface area contributed by atoms with E-state index in [1.807, 2.05) is 6.92 Å². The first-order chi connectivity index (χ1) is 7.99. The highest BCUT2D eigenvalue weighted by atomic mass is 16.6. The fraction of sp³-hybridized carbons (Fsp3) is 0.400. The second-order valence-corrected chi connectivity index (χ2v) is 3.56. The Bertz CT molecular complexity index is 458. The zero-order chi connectivity index (χ0) is 13.0. The van der Waals surface area contributed by atoms with Gasteiger partial charge in [-0.2, -0.15) is 0 Å². The van der Waals surface area contributed by atoms with Gasteiger partial charge in [0.15, 0.2) is 0 Å². The summed E-state index contributed by atoms with van der Waals surface area (Å²) in [6, 6.07) is 2.48. The number of nitro benzene ring substituents is 2. The van der Waals surface area contributed by atoms with E-state index in [9.17, 15) is 25.3 Å². The standard InChI is InChI=1S/C10H12N2O5/c1-2-3-4-7-5-6-8(13)10(12(16)17)9(7)11(14)15/h5-6,13H,2-4H2,1H3. The molecule has 0 heterocycles. The average Bonchev–Trinajstić information content (AvgIpc) is 2.26. The molecule has 1 aromatic carbocycles. The summed E-state index contributed by atoms with van der Waals surface area (Å²) >= 11 is 0. The maximum atomic E-state index is 10.9. The van der Waals surface area contributed by atoms with E-state index in [0.717, 1.165) is 12.5 Å². The topological polar surface area (TPSA) is 107 Å². The Morgan fingerprint density at radius 1 is 1.18 bits per heavy atom. The van der Waals surface area contributed by atoms with E-state index in [1.165, 1.54) is 6.07 Å². The molecule has 0 fully saturated rings. The number of hydrogen-bond acceptors (Lipinski definition) is 5. The fourth-order valence-electron chi connectivity index (χ4n) is 1.56. The second-order valence-electron chi connectivity index (χ2n) is 3.56. The van der Waals surface area contributed by atoms with Gasteiger partial charge >= 0.3 is 11.4 Å². The van der Waals surface area contributed by atoms with Crippen molar-refractivity contribution in [3.8, 4) is 5.75 Å². The maximum absolute atomic E-state index is 10.9. The Labute approximate surface area is 97.0 Å². The summed E-state index contributed by atoms with van der Waals surface area (Å²) < 4.78 is 0. The molecule has 0 spiro atoms. The fourth-order valence-corrected chi connectivity index (χ4v) is 1.56. The van der Waals surface area contributed by atoms with Crippen LogP contribution in [0.5, 0.6) is 5.75 Å². The van der Waals surface area contributed by atoms with E-state index in [1.54, 1.807) is 0 Å². The monoisotopic (exact) mass is 240 g/mol. The third kappa shape index (κ3) is 2.68. The first-order valence-electron chi connectivity index (χ1n) is 5.12. The minimum atomic E-state index is -0.928. The number of aromatic hydroxyl groups is 1. The van der Waals surface area contributed by atoms with Crippen LogP contribution in [0.15, 0.2) is 12.1 Å². The van der Waals surface area contributed by atoms with E-state index in [4.69, 9.17) is 0 Å². The van der Waals surface area contributed by atoms with E-state index in [2.05, 4.69) is 0 Å². The smallest absolute Gasteiger partial charge is 0.387 e. The van der Waals surface area contributed by atoms with Gasteiger partial charge in [0.25, 0.3) is 0 Å². The van der Waals surface area contributed by atoms with Crippen LogP contribution >= 0.6 is 0 Å². The highest BCUT2D eigenvalue weighted by Gasteiger charge is 2.32. The lowest BCUT2D eigenvalue weighted by Crippen LogP contribution is -2.01. The summed E-state index contributed by atoms with van der Waals surface area (Å²) in [5.74, 6) is -0.679. The first-order valence-corrected chi connectivity index (χ1v) is 5.12. The van der Waals surface area contributed by atoms with Gasteiger partial charge in [0.05, 0.1) is 9.85 Å². The molecule has 0 aliphatic carbocycles. The third-order valence-electron chi connectivity index (χ3n) is 2.38. The van der Waals surface area contributed by atoms with Crippen molar-refractivity contribution < 1.29 is 15.0 Å². The molecule has 0 aliphatic heterocycles. The predicted octanol–water partition coefficient (Wildman–Crippen LogP) is 2.55. The number of nitro groups is 2. The molecule has 0 aromatic heterocycles. The van der Waals surface area contributed by atoms with Crippen molar-refractivity contribution in [2.45, 2.75) is 26.2 Å². The van der Waals surface area contributed by atoms with Crippen molar-refractivity contribution >= 4 is 11.4 Å². The Morgan fingerprint density at radius 3 is 2.24 bits per heavy atom. The van der Waals surface area contributed by atoms with Gasteiger partial charge in [-0.05, 0) is 25.0 Å². The Morgan fingerprint density at radius 2 is 1.76 bits per heavy atom. The van der Waals surface area contributed by atoms with Crippen LogP contribution in [0.1, 0.15) is 25.3 Å². The molecule has 0 saturated heterocycles. The molecule has 0 atom stereocenters. The largest absolute Gasteiger partial charge is 0.502 e. The molecule has 0 bridgehead atoms. The van der Waals surface area contributed by atoms with E-state index in [-0.39, 0.29) is 5.56 Å². The molecule has 7 heteroatoms. The molecule has 0 saturated carbocycles. The summed E-state index contributed by atoms with van der Waals surface area (Å²) in [6.07, 6.45) is 1.91. The van der Waals surface area contributed by atoms with Crippen LogP contribution in [-0.4, -0.2) is 15.0 Å². The van der Waals surface area contributed by atoms with E-state index >= 15 is 0 Å². The Hall–Kier alpha value is -2.18. The molecule has 17 heavy (non-hydrogen) atoms. The van der Waals surface area contributed by atoms with Gasteiger partial charge in [0, 0.05) is 5.56 Å². The van der Waals surface area contributed by atoms with Crippen LogP contribution < -0.4 is 0 Å². The Balaban J connectivity index is 3.36. The SMILES string of the molecule is CCCCc1ccc(O)c([N+](=O)[O-])c1[N+](=O)[O-]. The van der Waals surface area contributed by atoms with Crippen LogP contribution in [0.2, 0.25) is 0 Å². The molecule has 1 rings (SSSR count). The number of nitrogens with zero attached hydrogens (tertiary/aromatic N) is 2. The summed E-state index contributed by atoms with van der Waals surface area (Å²) in [4.78, 5) is 19.8. The van der Waals surface area contributed by atoms with Crippen LogP contribution in [0.25, 0.3) is 0 Å². The summed E-state index contributed by atoms with van der Waals surface area (Å²) in [5.41, 5.74) is -1.16. The van der Waals surface area contributed by atoms with Crippen molar-refractivity contribution in [1.82, 2.24) is 0 Å². The first kappa shape index (κ1) is 12.9. The molecule has 0 amide bonds. The minimum absolute atomic E-state index is 0.279. The summed E-state index contributed by atoms with van der Waals surface area (Å²) in [5, 5.41) is 30.9. The third-order valence-corrected chi connectivity index (χ3v) is 2.38. The molecule has 0 unspecified atom stereocenters. The molecule has 0 radical (unpaired) electrons. The molecule has 7 nitrogen and oxygen atoms in total. The minimum Gasteiger partial charge on any atom is -0.502 e. The lowest BCUT2D eigenvalue weighted by Gasteiger charge is -2.03. The number of hydrogen-bond donors (Lipinski definition) is 1. The molecular weight excluding hydrogens is 228 g/mol. The van der Waals surface area contributed by atoms with Gasteiger partial charge in [-0.25, -0.2) is 0 Å². The highest BCUT2D eigenvalue weighted by molar-refractivity contribution is 5.65. The number of phenolic OH excluding ortho intramolecular Hbond substituents is 1. The van der Waals surface area contributed by atoms with Gasteiger partial charge in [-0.3, -0.25) is 20.2 Å². The second kappa shape index (κ2) is 5.24. The summed E-state index contributed by atoms with van der Waals surface area (Å²) in [6.45, 7) is 1.92. The lowest BCUT2D eigenvalue weighted by atomic mass is 10.0. The van der Waals surface area contributed by atoms with Gasteiger partial charge in [-0.1, -0.05) is 13.3 Å². The normalized spacial score (nSPS) is 10.2. The molecule has 0 aliphatic rings. The Kier molecular flexibility index (Phi) is 3.97. The van der Waals surface area contributed by atoms with Crippen LogP contribution in [0, 0.1) is 20.2 Å². The number of aryl methyl sites for hydroxylation is 1. The molecule has 1 N–H and O–H groups in total. The van der Waals surface area contributed by atoms with Crippen LogP contribution in [-0.2, 0) is 6.42 Å². The van der Waals surface area contributed by atoms with Crippen LogP contribution in [0.3, 0.4) is 0 Å². The van der Waals surface area contributed by atoms with Crippen molar-refractivity contribution in [2.24, 2.45) is 0 Å². The molecular formula is C10H12N2O5. The quantitative estimate of drug-likeness (QED) is 0.628. The number of rotatable bonds is 5. The lowest BCUT2D eigenvalue weighted by molar-refractivity contribution is -0.423. The zero-order valence-corrected chi connectivity index (χ0v) is 9.25. The molecule has 1 aromatic rings. The van der Waals surface area contributed by atoms with Crippen molar-refractivity contribution in [3.05, 3.63) is 37.9 Å². The number of unbranched alkanes of at least 4 members (excludes halogenated alkanes) is 1. The number of benzene rings is 1. The van der Waals surface area contributed by atoms with Gasteiger partial charge < -0.3 is 5.11 Å². The predicted molar refractivity (Wildman–Crippen MR) is 60.0 cm³/mol. The van der Waals surface area contributed by atoms with Crippen molar-refractivity contribution in [3.63, 3.8) is 0 Å². The van der Waals surface area contributed by atoms with E-state index in [0.29, 0.717) is 12.8 Å². The van der Waals surface area contributed by atoms with Gasteiger partial charge in [-0.15, -0.1) is 0 Å². The van der Waals surface area contributed by atoms with Crippen molar-refractivity contribution in [1.29, 1.82) is 0 Å².